The standard InChI is InChI=1S/C13H13F3NO/c14-13(15,16)11-7-5-10(6-8-11)9-17-18-12-3-1-2-4-12/h5-8,12H,1-4H2. The topological polar surface area (TPSA) is 21.6 Å². The first-order valence-corrected chi connectivity index (χ1v) is 5.85. The van der Waals surface area contributed by atoms with Crippen molar-refractivity contribution in [2.75, 3.05) is 0 Å². The highest BCUT2D eigenvalue weighted by Gasteiger charge is 2.29. The van der Waals surface area contributed by atoms with Gasteiger partial charge in [0.15, 0.2) is 0 Å². The molecular formula is C13H13F3NO. The van der Waals surface area contributed by atoms with Crippen molar-refractivity contribution >= 4 is 6.21 Å². The Labute approximate surface area is 103 Å². The van der Waals surface area contributed by atoms with E-state index in [-0.39, 0.29) is 6.10 Å². The predicted octanol–water partition coefficient (Wildman–Crippen LogP) is 3.88. The summed E-state index contributed by atoms with van der Waals surface area (Å²) in [6.45, 7) is 0. The minimum atomic E-state index is -4.31. The Kier molecular flexibility index (Phi) is 3.89. The Hall–Kier alpha value is -1.52. The molecule has 2 nitrogen and oxygen atoms in total. The number of alkyl halides is 3. The molecule has 0 spiro atoms. The summed E-state index contributed by atoms with van der Waals surface area (Å²) in [5, 5.41) is 3.68. The largest absolute Gasteiger partial charge is 0.416 e. The van der Waals surface area contributed by atoms with Gasteiger partial charge in [0, 0.05) is 5.56 Å². The summed E-state index contributed by atoms with van der Waals surface area (Å²) >= 11 is 0. The fourth-order valence-electron chi connectivity index (χ4n) is 1.88. The van der Waals surface area contributed by atoms with E-state index < -0.39 is 11.7 Å². The molecule has 0 heterocycles. The summed E-state index contributed by atoms with van der Waals surface area (Å²) in [6, 6.07) is 4.66. The molecule has 1 fully saturated rings. The molecule has 97 valence electrons. The quantitative estimate of drug-likeness (QED) is 0.594. The van der Waals surface area contributed by atoms with Crippen LogP contribution in [-0.4, -0.2) is 12.3 Å². The molecule has 0 N–H and O–H groups in total. The Morgan fingerprint density at radius 1 is 1.11 bits per heavy atom. The number of hydrogen-bond acceptors (Lipinski definition) is 2. The molecule has 1 radical (unpaired) electrons. The first-order valence-electron chi connectivity index (χ1n) is 5.85. The lowest BCUT2D eigenvalue weighted by Gasteiger charge is -2.06. The highest BCUT2D eigenvalue weighted by Crippen LogP contribution is 2.28. The van der Waals surface area contributed by atoms with E-state index in [1.54, 1.807) is 0 Å². The third-order valence-corrected chi connectivity index (χ3v) is 2.89. The summed E-state index contributed by atoms with van der Waals surface area (Å²) < 4.78 is 36.9. The van der Waals surface area contributed by atoms with Gasteiger partial charge < -0.3 is 4.84 Å². The van der Waals surface area contributed by atoms with Gasteiger partial charge >= 0.3 is 6.18 Å². The molecule has 0 saturated heterocycles. The Morgan fingerprint density at radius 3 is 2.28 bits per heavy atom. The summed E-state index contributed by atoms with van der Waals surface area (Å²) in [4.78, 5) is 5.20. The van der Waals surface area contributed by atoms with Crippen LogP contribution >= 0.6 is 0 Å². The van der Waals surface area contributed by atoms with Gasteiger partial charge in [0.1, 0.15) is 12.3 Å². The first kappa shape index (κ1) is 12.9. The van der Waals surface area contributed by atoms with Crippen LogP contribution < -0.4 is 0 Å². The monoisotopic (exact) mass is 256 g/mol. The van der Waals surface area contributed by atoms with Gasteiger partial charge in [0.2, 0.25) is 0 Å². The molecule has 5 heteroatoms. The zero-order valence-electron chi connectivity index (χ0n) is 9.70. The van der Waals surface area contributed by atoms with E-state index in [4.69, 9.17) is 4.84 Å². The Bertz CT molecular complexity index is 405. The average molecular weight is 256 g/mol. The van der Waals surface area contributed by atoms with Crippen molar-refractivity contribution in [1.29, 1.82) is 0 Å². The first-order chi connectivity index (χ1) is 8.55. The van der Waals surface area contributed by atoms with Crippen molar-refractivity contribution in [1.82, 2.24) is 0 Å². The maximum atomic E-state index is 12.3. The minimum absolute atomic E-state index is 0.131. The summed E-state index contributed by atoms with van der Waals surface area (Å²) in [6.07, 6.45) is 2.65. The second-order valence-electron chi connectivity index (χ2n) is 4.29. The third kappa shape index (κ3) is 3.48. The average Bonchev–Trinajstić information content (AvgIpc) is 2.82. The molecule has 0 atom stereocenters. The van der Waals surface area contributed by atoms with Crippen LogP contribution in [0.1, 0.15) is 36.8 Å². The van der Waals surface area contributed by atoms with Crippen LogP contribution in [0.25, 0.3) is 0 Å². The molecule has 1 aliphatic carbocycles. The molecule has 0 bridgehead atoms. The van der Waals surface area contributed by atoms with Crippen molar-refractivity contribution in [3.8, 4) is 0 Å². The number of rotatable bonds is 3. The lowest BCUT2D eigenvalue weighted by Crippen LogP contribution is -2.04. The van der Waals surface area contributed by atoms with E-state index in [1.165, 1.54) is 12.1 Å². The van der Waals surface area contributed by atoms with E-state index in [0.29, 0.717) is 5.56 Å². The normalized spacial score (nSPS) is 17.5. The Balaban J connectivity index is 1.91. The smallest absolute Gasteiger partial charge is 0.392 e. The molecular weight excluding hydrogens is 243 g/mol. The zero-order chi connectivity index (χ0) is 13.0. The molecule has 18 heavy (non-hydrogen) atoms. The van der Waals surface area contributed by atoms with Crippen LogP contribution in [0.5, 0.6) is 0 Å². The molecule has 0 aromatic heterocycles. The van der Waals surface area contributed by atoms with Crippen LogP contribution in [0.4, 0.5) is 13.2 Å². The second kappa shape index (κ2) is 5.42. The molecule has 2 rings (SSSR count). The van der Waals surface area contributed by atoms with E-state index in [0.717, 1.165) is 37.8 Å². The van der Waals surface area contributed by atoms with Gasteiger partial charge in [-0.2, -0.15) is 13.2 Å². The highest BCUT2D eigenvalue weighted by molar-refractivity contribution is 5.79. The Morgan fingerprint density at radius 2 is 1.72 bits per heavy atom. The van der Waals surface area contributed by atoms with Crippen LogP contribution in [-0.2, 0) is 11.0 Å². The number of benzene rings is 1. The number of hydrogen-bond donors (Lipinski definition) is 0. The molecule has 0 aliphatic heterocycles. The lowest BCUT2D eigenvalue weighted by molar-refractivity contribution is -0.137. The van der Waals surface area contributed by atoms with Gasteiger partial charge in [0.25, 0.3) is 0 Å². The van der Waals surface area contributed by atoms with Crippen molar-refractivity contribution in [3.05, 3.63) is 35.4 Å². The fourth-order valence-corrected chi connectivity index (χ4v) is 1.88. The highest BCUT2D eigenvalue weighted by atomic mass is 19.4. The van der Waals surface area contributed by atoms with Gasteiger partial charge in [-0.25, -0.2) is 0 Å². The van der Waals surface area contributed by atoms with Gasteiger partial charge in [-0.15, -0.1) is 0 Å². The molecule has 1 aromatic rings. The second-order valence-corrected chi connectivity index (χ2v) is 4.29. The summed E-state index contributed by atoms with van der Waals surface area (Å²) in [5.41, 5.74) is -0.203. The van der Waals surface area contributed by atoms with Gasteiger partial charge in [0.05, 0.1) is 5.56 Å². The molecule has 1 saturated carbocycles. The van der Waals surface area contributed by atoms with Crippen molar-refractivity contribution in [3.63, 3.8) is 0 Å². The SMILES string of the molecule is FC(F)(F)c1ccc(/[C]=N/OC2CCCC2)cc1. The van der Waals surface area contributed by atoms with E-state index in [2.05, 4.69) is 11.4 Å². The van der Waals surface area contributed by atoms with Crippen molar-refractivity contribution < 1.29 is 18.0 Å². The number of halogens is 3. The number of nitrogens with zero attached hydrogens (tertiary/aromatic N) is 1. The van der Waals surface area contributed by atoms with Crippen molar-refractivity contribution in [2.24, 2.45) is 5.16 Å². The zero-order valence-corrected chi connectivity index (χ0v) is 9.70. The summed E-state index contributed by atoms with van der Waals surface area (Å²) in [7, 11) is 0. The van der Waals surface area contributed by atoms with E-state index in [9.17, 15) is 13.2 Å². The predicted molar refractivity (Wildman–Crippen MR) is 61.3 cm³/mol. The van der Waals surface area contributed by atoms with E-state index >= 15 is 0 Å². The molecule has 0 unspecified atom stereocenters. The molecule has 1 aliphatic rings. The van der Waals surface area contributed by atoms with Crippen LogP contribution in [0.2, 0.25) is 0 Å². The minimum Gasteiger partial charge on any atom is -0.392 e. The molecule has 1 aromatic carbocycles. The van der Waals surface area contributed by atoms with Crippen LogP contribution in [0, 0.1) is 0 Å². The summed E-state index contributed by atoms with van der Waals surface area (Å²) in [5.74, 6) is 0. The van der Waals surface area contributed by atoms with E-state index in [1.807, 2.05) is 0 Å². The lowest BCUT2D eigenvalue weighted by atomic mass is 10.1. The van der Waals surface area contributed by atoms with Crippen LogP contribution in [0.15, 0.2) is 29.4 Å². The van der Waals surface area contributed by atoms with Crippen LogP contribution in [0.3, 0.4) is 0 Å². The maximum absolute atomic E-state index is 12.3. The van der Waals surface area contributed by atoms with Gasteiger partial charge in [-0.1, -0.05) is 17.3 Å². The van der Waals surface area contributed by atoms with Gasteiger partial charge in [-0.05, 0) is 37.8 Å². The van der Waals surface area contributed by atoms with Crippen molar-refractivity contribution in [2.45, 2.75) is 38.0 Å². The maximum Gasteiger partial charge on any atom is 0.416 e. The van der Waals surface area contributed by atoms with Gasteiger partial charge in [-0.3, -0.25) is 0 Å². The fraction of sp³-hybridized carbons (Fsp3) is 0.462. The molecule has 0 amide bonds. The third-order valence-electron chi connectivity index (χ3n) is 2.89.